The van der Waals surface area contributed by atoms with Crippen LogP contribution >= 0.6 is 0 Å². The Morgan fingerprint density at radius 1 is 1.26 bits per heavy atom. The molecule has 2 aromatic rings. The minimum atomic E-state index is -0.718. The lowest BCUT2D eigenvalue weighted by atomic mass is 10.2. The zero-order chi connectivity index (χ0) is 13.8. The molecule has 3 N–H and O–H groups in total. The Bertz CT molecular complexity index is 617. The van der Waals surface area contributed by atoms with Gasteiger partial charge in [-0.05, 0) is 29.8 Å². The van der Waals surface area contributed by atoms with Crippen LogP contribution in [0.5, 0.6) is 0 Å². The van der Waals surface area contributed by atoms with Crippen LogP contribution in [0.25, 0.3) is 0 Å². The zero-order valence-electron chi connectivity index (χ0n) is 9.86. The quantitative estimate of drug-likeness (QED) is 0.890. The lowest BCUT2D eigenvalue weighted by Crippen LogP contribution is -2.15. The largest absolute Gasteiger partial charge is 0.326 e. The van der Waals surface area contributed by atoms with E-state index in [2.05, 4.69) is 10.3 Å². The Morgan fingerprint density at radius 3 is 2.79 bits per heavy atom. The molecule has 6 heteroatoms. The van der Waals surface area contributed by atoms with Crippen LogP contribution in [0.1, 0.15) is 16.1 Å². The van der Waals surface area contributed by atoms with Crippen LogP contribution in [0.15, 0.2) is 36.5 Å². The second kappa shape index (κ2) is 5.53. The van der Waals surface area contributed by atoms with Gasteiger partial charge in [0.15, 0.2) is 0 Å². The number of carbonyl (C=O) groups excluding carboxylic acids is 1. The maximum atomic E-state index is 13.4. The summed E-state index contributed by atoms with van der Waals surface area (Å²) in [6.07, 6.45) is 1.43. The third kappa shape index (κ3) is 3.11. The minimum absolute atomic E-state index is 0.0895. The number of amides is 1. The number of nitrogens with one attached hydrogen (secondary N) is 1. The van der Waals surface area contributed by atoms with Crippen LogP contribution in [-0.2, 0) is 6.54 Å². The first kappa shape index (κ1) is 13.1. The van der Waals surface area contributed by atoms with Gasteiger partial charge < -0.3 is 11.1 Å². The van der Waals surface area contributed by atoms with Crippen molar-refractivity contribution in [2.24, 2.45) is 5.73 Å². The summed E-state index contributed by atoms with van der Waals surface area (Å²) in [6, 6.07) is 5.97. The minimum Gasteiger partial charge on any atom is -0.326 e. The van der Waals surface area contributed by atoms with Crippen molar-refractivity contribution in [2.75, 3.05) is 5.32 Å². The topological polar surface area (TPSA) is 68.0 Å². The molecule has 0 saturated heterocycles. The van der Waals surface area contributed by atoms with Crippen molar-refractivity contribution in [3.8, 4) is 0 Å². The molecule has 0 radical (unpaired) electrons. The number of carbonyl (C=O) groups is 1. The SMILES string of the molecule is NCc1ccnc(C(=O)Nc2cc(F)ccc2F)c1. The third-order valence-corrected chi connectivity index (χ3v) is 2.47. The van der Waals surface area contributed by atoms with Gasteiger partial charge >= 0.3 is 0 Å². The molecule has 0 fully saturated rings. The van der Waals surface area contributed by atoms with Gasteiger partial charge in [-0.1, -0.05) is 0 Å². The molecule has 0 bridgehead atoms. The molecule has 0 saturated carbocycles. The molecule has 2 rings (SSSR count). The first-order valence-electron chi connectivity index (χ1n) is 5.51. The van der Waals surface area contributed by atoms with Crippen molar-refractivity contribution in [1.82, 2.24) is 4.98 Å². The molecule has 0 aliphatic carbocycles. The first-order chi connectivity index (χ1) is 9.10. The van der Waals surface area contributed by atoms with Gasteiger partial charge in [0.2, 0.25) is 0 Å². The van der Waals surface area contributed by atoms with E-state index in [9.17, 15) is 13.6 Å². The summed E-state index contributed by atoms with van der Waals surface area (Å²) in [6.45, 7) is 0.261. The Labute approximate surface area is 108 Å². The number of hydrogen-bond donors (Lipinski definition) is 2. The van der Waals surface area contributed by atoms with Crippen molar-refractivity contribution < 1.29 is 13.6 Å². The van der Waals surface area contributed by atoms with Crippen LogP contribution in [0.4, 0.5) is 14.5 Å². The highest BCUT2D eigenvalue weighted by molar-refractivity contribution is 6.03. The molecule has 1 aromatic carbocycles. The highest BCUT2D eigenvalue weighted by Crippen LogP contribution is 2.16. The number of halogens is 2. The van der Waals surface area contributed by atoms with Crippen LogP contribution in [0, 0.1) is 11.6 Å². The molecular weight excluding hydrogens is 252 g/mol. The van der Waals surface area contributed by atoms with Crippen molar-refractivity contribution in [1.29, 1.82) is 0 Å². The first-order valence-corrected chi connectivity index (χ1v) is 5.51. The van der Waals surface area contributed by atoms with Crippen molar-refractivity contribution in [2.45, 2.75) is 6.54 Å². The lowest BCUT2D eigenvalue weighted by Gasteiger charge is -2.06. The monoisotopic (exact) mass is 263 g/mol. The Hall–Kier alpha value is -2.34. The summed E-state index contributed by atoms with van der Waals surface area (Å²) in [5.41, 5.74) is 6.03. The van der Waals surface area contributed by atoms with Gasteiger partial charge in [0, 0.05) is 18.8 Å². The average Bonchev–Trinajstić information content (AvgIpc) is 2.43. The highest BCUT2D eigenvalue weighted by atomic mass is 19.1. The summed E-state index contributed by atoms with van der Waals surface area (Å²) in [4.78, 5) is 15.7. The maximum Gasteiger partial charge on any atom is 0.274 e. The molecule has 4 nitrogen and oxygen atoms in total. The van der Waals surface area contributed by atoms with Crippen LogP contribution < -0.4 is 11.1 Å². The molecule has 0 aliphatic heterocycles. The van der Waals surface area contributed by atoms with Crippen LogP contribution in [0.2, 0.25) is 0 Å². The zero-order valence-corrected chi connectivity index (χ0v) is 9.86. The van der Waals surface area contributed by atoms with Crippen LogP contribution in [-0.4, -0.2) is 10.9 Å². The van der Waals surface area contributed by atoms with E-state index in [1.54, 1.807) is 6.07 Å². The predicted octanol–water partition coefficient (Wildman–Crippen LogP) is 2.07. The number of nitrogens with zero attached hydrogens (tertiary/aromatic N) is 1. The standard InChI is InChI=1S/C13H11F2N3O/c14-9-1-2-10(15)11(6-9)18-13(19)12-5-8(7-16)3-4-17-12/h1-6H,7,16H2,(H,18,19). The highest BCUT2D eigenvalue weighted by Gasteiger charge is 2.11. The fourth-order valence-corrected chi connectivity index (χ4v) is 1.51. The summed E-state index contributed by atoms with van der Waals surface area (Å²) in [7, 11) is 0. The number of nitrogens with two attached hydrogens (primary N) is 1. The summed E-state index contributed by atoms with van der Waals surface area (Å²) < 4.78 is 26.3. The van der Waals surface area contributed by atoms with E-state index in [-0.39, 0.29) is 17.9 Å². The number of hydrogen-bond acceptors (Lipinski definition) is 3. The fourth-order valence-electron chi connectivity index (χ4n) is 1.51. The molecule has 0 spiro atoms. The molecular formula is C13H11F2N3O. The molecule has 98 valence electrons. The Kier molecular flexibility index (Phi) is 3.82. The molecule has 19 heavy (non-hydrogen) atoms. The number of rotatable bonds is 3. The van der Waals surface area contributed by atoms with E-state index in [4.69, 9.17) is 5.73 Å². The van der Waals surface area contributed by atoms with E-state index in [1.165, 1.54) is 12.3 Å². The summed E-state index contributed by atoms with van der Waals surface area (Å²) in [5.74, 6) is -1.98. The van der Waals surface area contributed by atoms with Gasteiger partial charge in [-0.15, -0.1) is 0 Å². The maximum absolute atomic E-state index is 13.4. The van der Waals surface area contributed by atoms with Crippen molar-refractivity contribution in [3.63, 3.8) is 0 Å². The number of anilines is 1. The molecule has 1 amide bonds. The number of aromatic nitrogens is 1. The predicted molar refractivity (Wildman–Crippen MR) is 66.4 cm³/mol. The van der Waals surface area contributed by atoms with Gasteiger partial charge in [0.25, 0.3) is 5.91 Å². The van der Waals surface area contributed by atoms with E-state index in [0.717, 1.165) is 23.8 Å². The van der Waals surface area contributed by atoms with Crippen molar-refractivity contribution in [3.05, 3.63) is 59.4 Å². The third-order valence-electron chi connectivity index (χ3n) is 2.47. The van der Waals surface area contributed by atoms with E-state index >= 15 is 0 Å². The normalized spacial score (nSPS) is 10.3. The Balaban J connectivity index is 2.22. The van der Waals surface area contributed by atoms with Gasteiger partial charge in [0.05, 0.1) is 5.69 Å². The summed E-state index contributed by atoms with van der Waals surface area (Å²) >= 11 is 0. The average molecular weight is 263 g/mol. The van der Waals surface area contributed by atoms with Gasteiger partial charge in [-0.25, -0.2) is 8.78 Å². The Morgan fingerprint density at radius 2 is 2.05 bits per heavy atom. The molecule has 0 unspecified atom stereocenters. The number of pyridine rings is 1. The van der Waals surface area contributed by atoms with E-state index in [0.29, 0.717) is 0 Å². The van der Waals surface area contributed by atoms with Gasteiger partial charge in [-0.2, -0.15) is 0 Å². The lowest BCUT2D eigenvalue weighted by molar-refractivity contribution is 0.102. The molecule has 1 aromatic heterocycles. The molecule has 1 heterocycles. The van der Waals surface area contributed by atoms with Crippen molar-refractivity contribution >= 4 is 11.6 Å². The second-order valence-corrected chi connectivity index (χ2v) is 3.83. The van der Waals surface area contributed by atoms with E-state index < -0.39 is 17.5 Å². The second-order valence-electron chi connectivity index (χ2n) is 3.83. The number of benzene rings is 1. The molecule has 0 atom stereocenters. The van der Waals surface area contributed by atoms with Crippen LogP contribution in [0.3, 0.4) is 0 Å². The molecule has 0 aliphatic rings. The van der Waals surface area contributed by atoms with Gasteiger partial charge in [-0.3, -0.25) is 9.78 Å². The fraction of sp³-hybridized carbons (Fsp3) is 0.0769. The van der Waals surface area contributed by atoms with Gasteiger partial charge in [0.1, 0.15) is 17.3 Å². The summed E-state index contributed by atoms with van der Waals surface area (Å²) in [5, 5.41) is 2.26. The van der Waals surface area contributed by atoms with E-state index in [1.807, 2.05) is 0 Å². The smallest absolute Gasteiger partial charge is 0.274 e.